The second-order valence-corrected chi connectivity index (χ2v) is 7.74. The van der Waals surface area contributed by atoms with E-state index in [2.05, 4.69) is 15.5 Å². The van der Waals surface area contributed by atoms with E-state index in [9.17, 15) is 18.8 Å². The first-order valence-electron chi connectivity index (χ1n) is 9.92. The fourth-order valence-corrected chi connectivity index (χ4v) is 3.89. The van der Waals surface area contributed by atoms with E-state index in [1.54, 1.807) is 12.1 Å². The van der Waals surface area contributed by atoms with Crippen LogP contribution in [0.3, 0.4) is 0 Å². The molecule has 2 saturated heterocycles. The van der Waals surface area contributed by atoms with Crippen LogP contribution in [0.4, 0.5) is 20.6 Å². The van der Waals surface area contributed by atoms with Crippen LogP contribution in [0.15, 0.2) is 48.5 Å². The molecule has 4 amide bonds. The Labute approximate surface area is 173 Å². The molecule has 2 N–H and O–H groups in total. The average Bonchev–Trinajstić information content (AvgIpc) is 3.33. The van der Waals surface area contributed by atoms with Gasteiger partial charge in [-0.05, 0) is 61.7 Å². The van der Waals surface area contributed by atoms with E-state index in [4.69, 9.17) is 0 Å². The quantitative estimate of drug-likeness (QED) is 0.743. The lowest BCUT2D eigenvalue weighted by atomic mass is 9.92. The number of anilines is 2. The number of carbonyl (C=O) groups is 3. The topological polar surface area (TPSA) is 81.8 Å². The van der Waals surface area contributed by atoms with Crippen molar-refractivity contribution in [3.05, 3.63) is 59.9 Å². The molecule has 2 aromatic carbocycles. The molecule has 0 radical (unpaired) electrons. The van der Waals surface area contributed by atoms with Crippen molar-refractivity contribution < 1.29 is 18.8 Å². The van der Waals surface area contributed by atoms with Crippen LogP contribution in [0.1, 0.15) is 25.3 Å². The molecule has 2 heterocycles. The first-order chi connectivity index (χ1) is 14.4. The Morgan fingerprint density at radius 2 is 1.70 bits per heavy atom. The Hall–Kier alpha value is -3.42. The summed E-state index contributed by atoms with van der Waals surface area (Å²) in [6.45, 7) is 3.19. The molecule has 7 nitrogen and oxygen atoms in total. The van der Waals surface area contributed by atoms with Gasteiger partial charge in [-0.25, -0.2) is 9.18 Å². The van der Waals surface area contributed by atoms with Crippen molar-refractivity contribution in [3.63, 3.8) is 0 Å². The van der Waals surface area contributed by atoms with Gasteiger partial charge < -0.3 is 15.5 Å². The number of nitrogens with one attached hydrogen (secondary N) is 2. The van der Waals surface area contributed by atoms with Gasteiger partial charge in [0.05, 0.1) is 0 Å². The third-order valence-corrected chi connectivity index (χ3v) is 5.62. The van der Waals surface area contributed by atoms with Gasteiger partial charge in [0, 0.05) is 24.5 Å². The maximum Gasteiger partial charge on any atom is 0.325 e. The van der Waals surface area contributed by atoms with Gasteiger partial charge in [-0.15, -0.1) is 0 Å². The normalized spacial score (nSPS) is 21.1. The highest BCUT2D eigenvalue weighted by Gasteiger charge is 2.49. The van der Waals surface area contributed by atoms with Crippen LogP contribution in [0.5, 0.6) is 0 Å². The summed E-state index contributed by atoms with van der Waals surface area (Å²) in [6.07, 6.45) is 2.36. The van der Waals surface area contributed by atoms with Crippen LogP contribution >= 0.6 is 0 Å². The SMILES string of the molecule is CC1(c2ccc(F)cc2)NC(=O)N(CC(=O)Nc2ccc(N3CCCC3)cc2)C1=O. The predicted octanol–water partition coefficient (Wildman–Crippen LogP) is 2.83. The number of carbonyl (C=O) groups excluding carboxylic acids is 3. The predicted molar refractivity (Wildman–Crippen MR) is 111 cm³/mol. The monoisotopic (exact) mass is 410 g/mol. The highest BCUT2D eigenvalue weighted by molar-refractivity contribution is 6.10. The van der Waals surface area contributed by atoms with Gasteiger partial charge in [-0.1, -0.05) is 12.1 Å². The molecule has 0 spiro atoms. The Morgan fingerprint density at radius 1 is 1.07 bits per heavy atom. The number of halogens is 1. The number of urea groups is 1. The van der Waals surface area contributed by atoms with Crippen LogP contribution in [0.2, 0.25) is 0 Å². The number of nitrogens with zero attached hydrogens (tertiary/aromatic N) is 2. The number of benzene rings is 2. The van der Waals surface area contributed by atoms with Crippen molar-refractivity contribution in [2.75, 3.05) is 29.9 Å². The van der Waals surface area contributed by atoms with Crippen molar-refractivity contribution in [1.82, 2.24) is 10.2 Å². The third-order valence-electron chi connectivity index (χ3n) is 5.62. The standard InChI is InChI=1S/C22H23FN4O3/c1-22(15-4-6-16(23)7-5-15)20(29)27(21(30)25-22)14-19(28)24-17-8-10-18(11-9-17)26-12-2-3-13-26/h4-11H,2-3,12-14H2,1H3,(H,24,28)(H,25,30). The van der Waals surface area contributed by atoms with Gasteiger partial charge in [0.2, 0.25) is 5.91 Å². The van der Waals surface area contributed by atoms with Gasteiger partial charge in [0.1, 0.15) is 17.9 Å². The summed E-state index contributed by atoms with van der Waals surface area (Å²) in [5.41, 5.74) is 0.802. The molecule has 8 heteroatoms. The smallest absolute Gasteiger partial charge is 0.325 e. The molecule has 30 heavy (non-hydrogen) atoms. The number of hydrogen-bond donors (Lipinski definition) is 2. The van der Waals surface area contributed by atoms with E-state index in [1.807, 2.05) is 12.1 Å². The highest BCUT2D eigenvalue weighted by atomic mass is 19.1. The largest absolute Gasteiger partial charge is 0.372 e. The highest BCUT2D eigenvalue weighted by Crippen LogP contribution is 2.29. The lowest BCUT2D eigenvalue weighted by molar-refractivity contribution is -0.133. The Morgan fingerprint density at radius 3 is 2.33 bits per heavy atom. The zero-order chi connectivity index (χ0) is 21.3. The lowest BCUT2D eigenvalue weighted by Gasteiger charge is -2.22. The van der Waals surface area contributed by atoms with E-state index in [-0.39, 0.29) is 0 Å². The van der Waals surface area contributed by atoms with E-state index >= 15 is 0 Å². The Bertz CT molecular complexity index is 971. The summed E-state index contributed by atoms with van der Waals surface area (Å²) in [5.74, 6) is -1.47. The molecule has 2 aliphatic heterocycles. The molecule has 0 aliphatic carbocycles. The molecule has 0 saturated carbocycles. The molecular weight excluding hydrogens is 387 g/mol. The first kappa shape index (κ1) is 19.9. The van der Waals surface area contributed by atoms with Crippen LogP contribution < -0.4 is 15.5 Å². The van der Waals surface area contributed by atoms with E-state index in [1.165, 1.54) is 44.0 Å². The minimum Gasteiger partial charge on any atom is -0.372 e. The lowest BCUT2D eigenvalue weighted by Crippen LogP contribution is -2.42. The Balaban J connectivity index is 1.41. The van der Waals surface area contributed by atoms with Crippen molar-refractivity contribution in [2.24, 2.45) is 0 Å². The maximum absolute atomic E-state index is 13.2. The zero-order valence-electron chi connectivity index (χ0n) is 16.7. The molecule has 4 rings (SSSR count). The first-order valence-corrected chi connectivity index (χ1v) is 9.92. The van der Waals surface area contributed by atoms with Gasteiger partial charge in [-0.2, -0.15) is 0 Å². The van der Waals surface area contributed by atoms with Crippen LogP contribution in [-0.2, 0) is 15.1 Å². The van der Waals surface area contributed by atoms with Crippen molar-refractivity contribution >= 4 is 29.2 Å². The summed E-state index contributed by atoms with van der Waals surface area (Å²) >= 11 is 0. The minimum atomic E-state index is -1.34. The molecule has 1 unspecified atom stereocenters. The summed E-state index contributed by atoms with van der Waals surface area (Å²) in [6, 6.07) is 12.2. The van der Waals surface area contributed by atoms with Gasteiger partial charge in [0.25, 0.3) is 5.91 Å². The third kappa shape index (κ3) is 3.72. The number of rotatable bonds is 5. The fraction of sp³-hybridized carbons (Fsp3) is 0.318. The molecule has 2 aromatic rings. The molecule has 1 atom stereocenters. The Kier molecular flexibility index (Phi) is 5.15. The summed E-state index contributed by atoms with van der Waals surface area (Å²) < 4.78 is 13.2. The van der Waals surface area contributed by atoms with Gasteiger partial charge in [-0.3, -0.25) is 14.5 Å². The second kappa shape index (κ2) is 7.78. The van der Waals surface area contributed by atoms with Crippen molar-refractivity contribution in [1.29, 1.82) is 0 Å². The van der Waals surface area contributed by atoms with Gasteiger partial charge in [0.15, 0.2) is 0 Å². The maximum atomic E-state index is 13.2. The summed E-state index contributed by atoms with van der Waals surface area (Å²) in [7, 11) is 0. The zero-order valence-corrected chi connectivity index (χ0v) is 16.7. The van der Waals surface area contributed by atoms with Crippen molar-refractivity contribution in [2.45, 2.75) is 25.3 Å². The summed E-state index contributed by atoms with van der Waals surface area (Å²) in [5, 5.41) is 5.32. The number of hydrogen-bond acceptors (Lipinski definition) is 4. The average molecular weight is 410 g/mol. The van der Waals surface area contributed by atoms with Gasteiger partial charge >= 0.3 is 6.03 Å². The number of amides is 4. The van der Waals surface area contributed by atoms with Crippen LogP contribution in [0.25, 0.3) is 0 Å². The van der Waals surface area contributed by atoms with E-state index in [0.717, 1.165) is 23.7 Å². The molecule has 2 aliphatic rings. The summed E-state index contributed by atoms with van der Waals surface area (Å²) in [4.78, 5) is 40.8. The fourth-order valence-electron chi connectivity index (χ4n) is 3.89. The molecule has 156 valence electrons. The van der Waals surface area contributed by atoms with Crippen LogP contribution in [-0.4, -0.2) is 42.4 Å². The molecule has 0 aromatic heterocycles. The van der Waals surface area contributed by atoms with Crippen LogP contribution in [0, 0.1) is 5.82 Å². The van der Waals surface area contributed by atoms with Crippen molar-refractivity contribution in [3.8, 4) is 0 Å². The van der Waals surface area contributed by atoms with E-state index in [0.29, 0.717) is 11.3 Å². The minimum absolute atomic E-state index is 0.407. The molecule has 0 bridgehead atoms. The molecular formula is C22H23FN4O3. The number of imide groups is 1. The molecule has 2 fully saturated rings. The van der Waals surface area contributed by atoms with E-state index < -0.39 is 35.7 Å². The second-order valence-electron chi connectivity index (χ2n) is 7.74.